The first kappa shape index (κ1) is 24.2. The fraction of sp³-hybridized carbons (Fsp3) is 0.370. The van der Waals surface area contributed by atoms with E-state index in [0.717, 1.165) is 22.6 Å². The Kier molecular flexibility index (Phi) is 6.91. The summed E-state index contributed by atoms with van der Waals surface area (Å²) >= 11 is 0. The minimum Gasteiger partial charge on any atom is -0.353 e. The lowest BCUT2D eigenvalue weighted by atomic mass is 10.1. The standard InChI is InChI=1S/C27H32N6O2S/c1-18-8-7-11-22(18)30-27-31-24-23(26(34)32(27)2)25(29-20-9-5-4-6-10-20)33(17-28-24)16-19-12-14-21(15-13-19)36(3)35/h4-6,9-10,12-15,18,22,28H,7-8,11,16-17H2,1-3H3,(H,30,31)/t18?,22-,36?/m1/s1. The molecule has 2 heterocycles. The fourth-order valence-electron chi connectivity index (χ4n) is 4.88. The van der Waals surface area contributed by atoms with E-state index in [9.17, 15) is 9.00 Å². The van der Waals surface area contributed by atoms with Crippen LogP contribution in [0, 0.1) is 5.92 Å². The number of aliphatic imine (C=N–C) groups is 1. The Labute approximate surface area is 213 Å². The predicted octanol–water partition coefficient (Wildman–Crippen LogP) is 4.08. The van der Waals surface area contributed by atoms with E-state index in [-0.39, 0.29) is 5.56 Å². The second-order valence-electron chi connectivity index (χ2n) is 9.58. The fourth-order valence-corrected chi connectivity index (χ4v) is 5.40. The molecule has 2 unspecified atom stereocenters. The van der Waals surface area contributed by atoms with Crippen LogP contribution in [0.4, 0.5) is 17.5 Å². The van der Waals surface area contributed by atoms with Gasteiger partial charge in [0.15, 0.2) is 0 Å². The van der Waals surface area contributed by atoms with Gasteiger partial charge in [0.25, 0.3) is 5.56 Å². The summed E-state index contributed by atoms with van der Waals surface area (Å²) < 4.78 is 13.4. The van der Waals surface area contributed by atoms with Crippen molar-refractivity contribution in [1.82, 2.24) is 14.5 Å². The van der Waals surface area contributed by atoms with Gasteiger partial charge in [0.1, 0.15) is 17.2 Å². The molecule has 9 heteroatoms. The zero-order valence-corrected chi connectivity index (χ0v) is 21.7. The maximum atomic E-state index is 13.7. The molecule has 2 aliphatic rings. The first-order valence-corrected chi connectivity index (χ1v) is 13.9. The lowest BCUT2D eigenvalue weighted by Crippen LogP contribution is -2.45. The van der Waals surface area contributed by atoms with Gasteiger partial charge < -0.3 is 15.5 Å². The van der Waals surface area contributed by atoms with Crippen molar-refractivity contribution >= 4 is 34.1 Å². The monoisotopic (exact) mass is 504 g/mol. The minimum absolute atomic E-state index is 0.142. The number of benzene rings is 2. The Morgan fingerprint density at radius 3 is 2.56 bits per heavy atom. The van der Waals surface area contributed by atoms with Crippen LogP contribution in [-0.4, -0.2) is 43.5 Å². The second-order valence-corrected chi connectivity index (χ2v) is 11.0. The van der Waals surface area contributed by atoms with E-state index in [1.807, 2.05) is 59.5 Å². The van der Waals surface area contributed by atoms with Crippen molar-refractivity contribution in [1.29, 1.82) is 0 Å². The van der Waals surface area contributed by atoms with Crippen LogP contribution in [0.25, 0.3) is 0 Å². The summed E-state index contributed by atoms with van der Waals surface area (Å²) in [5.74, 6) is 2.27. The van der Waals surface area contributed by atoms with Crippen LogP contribution in [0.1, 0.15) is 37.3 Å². The Balaban J connectivity index is 1.53. The Hall–Kier alpha value is -3.46. The van der Waals surface area contributed by atoms with Gasteiger partial charge in [-0.3, -0.25) is 13.6 Å². The zero-order chi connectivity index (χ0) is 25.2. The number of para-hydroxylation sites is 1. The molecule has 0 radical (unpaired) electrons. The Morgan fingerprint density at radius 2 is 1.89 bits per heavy atom. The van der Waals surface area contributed by atoms with Gasteiger partial charge in [0.05, 0.1) is 12.4 Å². The number of rotatable bonds is 6. The van der Waals surface area contributed by atoms with Crippen LogP contribution < -0.4 is 16.2 Å². The first-order valence-electron chi connectivity index (χ1n) is 12.3. The lowest BCUT2D eigenvalue weighted by Gasteiger charge is -2.33. The van der Waals surface area contributed by atoms with Crippen molar-refractivity contribution in [2.75, 3.05) is 23.6 Å². The quantitative estimate of drug-likeness (QED) is 0.526. The van der Waals surface area contributed by atoms with Crippen molar-refractivity contribution in [3.05, 3.63) is 76.1 Å². The van der Waals surface area contributed by atoms with Crippen molar-refractivity contribution in [3.8, 4) is 0 Å². The van der Waals surface area contributed by atoms with Gasteiger partial charge >= 0.3 is 0 Å². The maximum absolute atomic E-state index is 13.7. The Bertz CT molecular complexity index is 1350. The number of amidine groups is 1. The van der Waals surface area contributed by atoms with Gasteiger partial charge in [0.2, 0.25) is 5.95 Å². The average Bonchev–Trinajstić information content (AvgIpc) is 3.28. The largest absolute Gasteiger partial charge is 0.353 e. The average molecular weight is 505 g/mol. The molecule has 1 saturated carbocycles. The predicted molar refractivity (Wildman–Crippen MR) is 145 cm³/mol. The SMILES string of the molecule is CC1CCC[C@H]1Nc1nc2c(c(=O)n1C)C(=Nc1ccccc1)N(Cc1ccc(S(C)=O)cc1)CN2. The van der Waals surface area contributed by atoms with E-state index in [1.54, 1.807) is 17.9 Å². The van der Waals surface area contributed by atoms with Crippen molar-refractivity contribution in [2.45, 2.75) is 43.7 Å². The van der Waals surface area contributed by atoms with Crippen molar-refractivity contribution in [3.63, 3.8) is 0 Å². The minimum atomic E-state index is -1.03. The highest BCUT2D eigenvalue weighted by atomic mass is 32.2. The molecule has 5 rings (SSSR count). The summed E-state index contributed by atoms with van der Waals surface area (Å²) in [6.07, 6.45) is 5.13. The van der Waals surface area contributed by atoms with Gasteiger partial charge in [-0.2, -0.15) is 4.98 Å². The van der Waals surface area contributed by atoms with Crippen LogP contribution in [0.15, 0.2) is 69.3 Å². The molecule has 3 aromatic rings. The normalized spacial score (nSPS) is 21.2. The zero-order valence-electron chi connectivity index (χ0n) is 20.9. The van der Waals surface area contributed by atoms with Gasteiger partial charge in [-0.05, 0) is 48.6 Å². The van der Waals surface area contributed by atoms with Crippen LogP contribution in [0.5, 0.6) is 0 Å². The summed E-state index contributed by atoms with van der Waals surface area (Å²) in [5.41, 5.74) is 2.13. The topological polar surface area (TPSA) is 91.6 Å². The number of aromatic nitrogens is 2. The van der Waals surface area contributed by atoms with Crippen LogP contribution in [0.3, 0.4) is 0 Å². The van der Waals surface area contributed by atoms with Crippen molar-refractivity contribution < 1.29 is 4.21 Å². The third-order valence-electron chi connectivity index (χ3n) is 7.05. The highest BCUT2D eigenvalue weighted by molar-refractivity contribution is 7.84. The Morgan fingerprint density at radius 1 is 1.14 bits per heavy atom. The lowest BCUT2D eigenvalue weighted by molar-refractivity contribution is 0.433. The van der Waals surface area contributed by atoms with Gasteiger partial charge in [-0.15, -0.1) is 0 Å². The number of hydrogen-bond donors (Lipinski definition) is 2. The molecule has 2 N–H and O–H groups in total. The smallest absolute Gasteiger partial charge is 0.267 e. The van der Waals surface area contributed by atoms with Crippen LogP contribution in [0.2, 0.25) is 0 Å². The van der Waals surface area contributed by atoms with E-state index in [2.05, 4.69) is 17.6 Å². The number of anilines is 2. The third kappa shape index (κ3) is 4.93. The molecule has 36 heavy (non-hydrogen) atoms. The molecule has 2 aromatic carbocycles. The van der Waals surface area contributed by atoms with Gasteiger partial charge in [-0.25, -0.2) is 4.99 Å². The third-order valence-corrected chi connectivity index (χ3v) is 7.98. The molecule has 0 saturated heterocycles. The number of hydrogen-bond acceptors (Lipinski definition) is 6. The second kappa shape index (κ2) is 10.3. The molecule has 1 aliphatic carbocycles. The summed E-state index contributed by atoms with van der Waals surface area (Å²) in [7, 11) is 0.736. The summed E-state index contributed by atoms with van der Waals surface area (Å²) in [5, 5.41) is 6.87. The molecule has 0 amide bonds. The summed E-state index contributed by atoms with van der Waals surface area (Å²) in [6, 6.07) is 17.7. The van der Waals surface area contributed by atoms with E-state index < -0.39 is 10.8 Å². The van der Waals surface area contributed by atoms with E-state index in [0.29, 0.717) is 48.3 Å². The number of fused-ring (bicyclic) bond motifs is 1. The summed E-state index contributed by atoms with van der Waals surface area (Å²) in [4.78, 5) is 26.3. The molecular formula is C27H32N6O2S. The molecule has 1 aromatic heterocycles. The first-order chi connectivity index (χ1) is 17.4. The molecule has 1 fully saturated rings. The number of nitrogens with zero attached hydrogens (tertiary/aromatic N) is 4. The maximum Gasteiger partial charge on any atom is 0.267 e. The molecule has 0 spiro atoms. The van der Waals surface area contributed by atoms with E-state index in [1.165, 1.54) is 12.8 Å². The van der Waals surface area contributed by atoms with Crippen LogP contribution >= 0.6 is 0 Å². The molecule has 3 atom stereocenters. The van der Waals surface area contributed by atoms with Crippen LogP contribution in [-0.2, 0) is 24.4 Å². The summed E-state index contributed by atoms with van der Waals surface area (Å²) in [6.45, 7) is 3.24. The highest BCUT2D eigenvalue weighted by Gasteiger charge is 2.30. The van der Waals surface area contributed by atoms with Gasteiger partial charge in [-0.1, -0.05) is 43.7 Å². The molecule has 0 bridgehead atoms. The molecule has 1 aliphatic heterocycles. The van der Waals surface area contributed by atoms with Gasteiger partial charge in [0, 0.05) is 41.6 Å². The molecular weight excluding hydrogens is 472 g/mol. The van der Waals surface area contributed by atoms with Crippen molar-refractivity contribution in [2.24, 2.45) is 18.0 Å². The number of nitrogens with one attached hydrogen (secondary N) is 2. The highest BCUT2D eigenvalue weighted by Crippen LogP contribution is 2.29. The molecule has 8 nitrogen and oxygen atoms in total. The van der Waals surface area contributed by atoms with E-state index in [4.69, 9.17) is 9.98 Å². The van der Waals surface area contributed by atoms with E-state index >= 15 is 0 Å². The molecule has 188 valence electrons.